The van der Waals surface area contributed by atoms with Gasteiger partial charge in [0.05, 0.1) is 12.7 Å². The molecule has 0 radical (unpaired) electrons. The first kappa shape index (κ1) is 24.1. The lowest BCUT2D eigenvalue weighted by Gasteiger charge is -2.11. The van der Waals surface area contributed by atoms with Crippen molar-refractivity contribution in [1.82, 2.24) is 16.2 Å². The van der Waals surface area contributed by atoms with Crippen LogP contribution in [0.4, 0.5) is 5.69 Å². The van der Waals surface area contributed by atoms with Crippen LogP contribution >= 0.6 is 12.2 Å². The average Bonchev–Trinajstić information content (AvgIpc) is 2.87. The Labute approximate surface area is 200 Å². The molecule has 0 spiro atoms. The van der Waals surface area contributed by atoms with E-state index in [0.29, 0.717) is 22.4 Å². The van der Waals surface area contributed by atoms with Crippen molar-refractivity contribution in [3.05, 3.63) is 101 Å². The van der Waals surface area contributed by atoms with Crippen molar-refractivity contribution in [1.29, 1.82) is 0 Å². The van der Waals surface area contributed by atoms with E-state index in [2.05, 4.69) is 26.2 Å². The van der Waals surface area contributed by atoms with Gasteiger partial charge in [-0.15, -0.1) is 0 Å². The molecule has 3 rings (SSSR count). The highest BCUT2D eigenvalue weighted by Gasteiger charge is 2.12. The fourth-order valence-electron chi connectivity index (χ4n) is 2.77. The summed E-state index contributed by atoms with van der Waals surface area (Å²) < 4.78 is 4.60. The Morgan fingerprint density at radius 3 is 1.79 bits per heavy atom. The molecule has 34 heavy (non-hydrogen) atoms. The zero-order valence-corrected chi connectivity index (χ0v) is 18.8. The Morgan fingerprint density at radius 2 is 1.18 bits per heavy atom. The molecule has 172 valence electrons. The monoisotopic (exact) mass is 476 g/mol. The van der Waals surface area contributed by atoms with Crippen molar-refractivity contribution in [2.45, 2.75) is 0 Å². The van der Waals surface area contributed by atoms with Crippen molar-refractivity contribution in [3.63, 3.8) is 0 Å². The molecule has 3 aromatic carbocycles. The van der Waals surface area contributed by atoms with Crippen LogP contribution in [0.3, 0.4) is 0 Å². The summed E-state index contributed by atoms with van der Waals surface area (Å²) >= 11 is 5.02. The van der Waals surface area contributed by atoms with Crippen LogP contribution < -0.4 is 21.5 Å². The van der Waals surface area contributed by atoms with Crippen molar-refractivity contribution < 1.29 is 23.9 Å². The molecule has 0 fully saturated rings. The van der Waals surface area contributed by atoms with Crippen LogP contribution in [0.5, 0.6) is 0 Å². The molecule has 4 N–H and O–H groups in total. The summed E-state index contributed by atoms with van der Waals surface area (Å²) in [6.07, 6.45) is 0. The number of carbonyl (C=O) groups is 4. The lowest BCUT2D eigenvalue weighted by atomic mass is 10.1. The molecule has 0 aromatic heterocycles. The predicted octanol–water partition coefficient (Wildman–Crippen LogP) is 2.67. The minimum Gasteiger partial charge on any atom is -0.465 e. The first-order valence-corrected chi connectivity index (χ1v) is 10.3. The lowest BCUT2D eigenvalue weighted by Crippen LogP contribution is -2.48. The van der Waals surface area contributed by atoms with Crippen molar-refractivity contribution in [2.75, 3.05) is 12.4 Å². The molecule has 0 unspecified atom stereocenters. The maximum absolute atomic E-state index is 12.3. The van der Waals surface area contributed by atoms with Crippen molar-refractivity contribution in [2.24, 2.45) is 0 Å². The smallest absolute Gasteiger partial charge is 0.337 e. The highest BCUT2D eigenvalue weighted by molar-refractivity contribution is 7.80. The molecule has 0 atom stereocenters. The molecule has 3 aromatic rings. The summed E-state index contributed by atoms with van der Waals surface area (Å²) in [5, 5.41) is 5.04. The van der Waals surface area contributed by atoms with E-state index in [4.69, 9.17) is 12.2 Å². The van der Waals surface area contributed by atoms with Gasteiger partial charge in [-0.1, -0.05) is 18.2 Å². The topological polar surface area (TPSA) is 126 Å². The molecule has 0 saturated carbocycles. The maximum atomic E-state index is 12.3. The van der Waals surface area contributed by atoms with Gasteiger partial charge in [-0.05, 0) is 72.9 Å². The number of hydrogen-bond donors (Lipinski definition) is 4. The Balaban J connectivity index is 1.48. The normalized spacial score (nSPS) is 9.91. The third-order valence-electron chi connectivity index (χ3n) is 4.53. The van der Waals surface area contributed by atoms with Gasteiger partial charge in [0.2, 0.25) is 0 Å². The molecule has 0 aliphatic carbocycles. The van der Waals surface area contributed by atoms with Crippen LogP contribution in [0.2, 0.25) is 0 Å². The van der Waals surface area contributed by atoms with Crippen LogP contribution in [0.1, 0.15) is 41.4 Å². The van der Waals surface area contributed by atoms with E-state index >= 15 is 0 Å². The van der Waals surface area contributed by atoms with Gasteiger partial charge in [0.15, 0.2) is 5.11 Å². The second kappa shape index (κ2) is 11.3. The van der Waals surface area contributed by atoms with E-state index in [9.17, 15) is 19.2 Å². The summed E-state index contributed by atoms with van der Waals surface area (Å²) in [6.45, 7) is 0. The Hall–Kier alpha value is -4.57. The SMILES string of the molecule is COC(=O)c1ccc(C(=O)NC(=S)NNC(=O)c2ccc(NC(=O)c3ccccc3)cc2)cc1. The second-order valence-electron chi connectivity index (χ2n) is 6.83. The summed E-state index contributed by atoms with van der Waals surface area (Å²) in [4.78, 5) is 48.2. The van der Waals surface area contributed by atoms with Crippen LogP contribution in [0, 0.1) is 0 Å². The largest absolute Gasteiger partial charge is 0.465 e. The Bertz CT molecular complexity index is 1210. The van der Waals surface area contributed by atoms with E-state index in [1.54, 1.807) is 36.4 Å². The molecule has 0 aliphatic heterocycles. The van der Waals surface area contributed by atoms with Gasteiger partial charge >= 0.3 is 5.97 Å². The highest BCUT2D eigenvalue weighted by Crippen LogP contribution is 2.11. The number of nitrogens with one attached hydrogen (secondary N) is 4. The minimum atomic E-state index is -0.526. The van der Waals surface area contributed by atoms with Crippen molar-refractivity contribution in [3.8, 4) is 0 Å². The number of thiocarbonyl (C=S) groups is 1. The van der Waals surface area contributed by atoms with E-state index < -0.39 is 17.8 Å². The summed E-state index contributed by atoms with van der Waals surface area (Å²) in [5.41, 5.74) is 6.74. The third-order valence-corrected chi connectivity index (χ3v) is 4.73. The molecule has 0 heterocycles. The Morgan fingerprint density at radius 1 is 0.647 bits per heavy atom. The van der Waals surface area contributed by atoms with Gasteiger partial charge < -0.3 is 10.1 Å². The number of esters is 1. The van der Waals surface area contributed by atoms with E-state index in [1.807, 2.05) is 6.07 Å². The molecule has 0 bridgehead atoms. The summed E-state index contributed by atoms with van der Waals surface area (Å²) in [7, 11) is 1.26. The predicted molar refractivity (Wildman–Crippen MR) is 129 cm³/mol. The van der Waals surface area contributed by atoms with Gasteiger partial charge in [-0.2, -0.15) is 0 Å². The highest BCUT2D eigenvalue weighted by atomic mass is 32.1. The number of hydrazine groups is 1. The van der Waals surface area contributed by atoms with Gasteiger partial charge in [-0.25, -0.2) is 4.79 Å². The minimum absolute atomic E-state index is 0.123. The number of amides is 3. The molecule has 10 heteroatoms. The number of carbonyl (C=O) groups excluding carboxylic acids is 4. The Kier molecular flexibility index (Phi) is 8.03. The zero-order chi connectivity index (χ0) is 24.5. The zero-order valence-electron chi connectivity index (χ0n) is 18.0. The molecule has 0 saturated heterocycles. The first-order chi connectivity index (χ1) is 16.4. The number of ether oxygens (including phenoxy) is 1. The van der Waals surface area contributed by atoms with Gasteiger partial charge in [0.1, 0.15) is 0 Å². The number of anilines is 1. The summed E-state index contributed by atoms with van der Waals surface area (Å²) in [5.74, 6) is -1.80. The fourth-order valence-corrected chi connectivity index (χ4v) is 2.91. The summed E-state index contributed by atoms with van der Waals surface area (Å²) in [6, 6.07) is 20.8. The van der Waals surface area contributed by atoms with Crippen LogP contribution in [0.15, 0.2) is 78.9 Å². The number of rotatable bonds is 5. The van der Waals surface area contributed by atoms with Gasteiger partial charge in [-0.3, -0.25) is 30.6 Å². The van der Waals surface area contributed by atoms with E-state index in [0.717, 1.165) is 0 Å². The van der Waals surface area contributed by atoms with E-state index in [1.165, 1.54) is 43.5 Å². The lowest BCUT2D eigenvalue weighted by molar-refractivity contribution is 0.0600. The number of benzene rings is 3. The fraction of sp³-hybridized carbons (Fsp3) is 0.0417. The molecular formula is C24H20N4O5S. The second-order valence-corrected chi connectivity index (χ2v) is 7.24. The molecule has 3 amide bonds. The van der Waals surface area contributed by atoms with Crippen LogP contribution in [0.25, 0.3) is 0 Å². The average molecular weight is 477 g/mol. The van der Waals surface area contributed by atoms with Crippen LogP contribution in [-0.4, -0.2) is 35.9 Å². The maximum Gasteiger partial charge on any atom is 0.337 e. The standard InChI is InChI=1S/C24H20N4O5S/c1-33-23(32)18-9-7-16(8-10-18)21(30)26-24(34)28-27-22(31)17-11-13-19(14-12-17)25-20(29)15-5-3-2-4-6-15/h2-14H,1H3,(H,25,29)(H,27,31)(H2,26,28,30,34). The van der Waals surface area contributed by atoms with E-state index in [-0.39, 0.29) is 16.6 Å². The quantitative estimate of drug-likeness (QED) is 0.253. The molecule has 0 aliphatic rings. The first-order valence-electron chi connectivity index (χ1n) is 9.94. The van der Waals surface area contributed by atoms with Gasteiger partial charge in [0, 0.05) is 22.4 Å². The number of methoxy groups -OCH3 is 1. The number of hydrogen-bond acceptors (Lipinski definition) is 6. The molecular weight excluding hydrogens is 456 g/mol. The van der Waals surface area contributed by atoms with Crippen LogP contribution in [-0.2, 0) is 4.74 Å². The third kappa shape index (κ3) is 6.47. The van der Waals surface area contributed by atoms with Gasteiger partial charge in [0.25, 0.3) is 17.7 Å². The van der Waals surface area contributed by atoms with Crippen molar-refractivity contribution >= 4 is 46.7 Å². The molecule has 9 nitrogen and oxygen atoms in total.